The van der Waals surface area contributed by atoms with Crippen LogP contribution in [0.25, 0.3) is 0 Å². The van der Waals surface area contributed by atoms with E-state index in [1.165, 1.54) is 0 Å². The molecular formula is C25H31N5O4. The van der Waals surface area contributed by atoms with Crippen molar-refractivity contribution in [1.82, 2.24) is 14.9 Å². The fraction of sp³-hybridized carbons (Fsp3) is 0.520. The number of nitrogens with zero attached hydrogens (tertiary/aromatic N) is 5. The van der Waals surface area contributed by atoms with Crippen molar-refractivity contribution in [2.45, 2.75) is 44.5 Å². The molecule has 2 aliphatic heterocycles. The molecule has 0 bridgehead atoms. The molecule has 1 aromatic carbocycles. The second-order valence-electron chi connectivity index (χ2n) is 9.09. The zero-order chi connectivity index (χ0) is 24.1. The van der Waals surface area contributed by atoms with E-state index in [9.17, 15) is 10.1 Å². The number of carbonyl (C=O) groups is 1. The van der Waals surface area contributed by atoms with Crippen LogP contribution in [0.15, 0.2) is 36.7 Å². The van der Waals surface area contributed by atoms with Crippen molar-refractivity contribution < 1.29 is 19.0 Å². The molecule has 2 fully saturated rings. The van der Waals surface area contributed by atoms with Crippen molar-refractivity contribution >= 4 is 11.9 Å². The van der Waals surface area contributed by atoms with E-state index < -0.39 is 5.60 Å². The number of likely N-dealkylation sites (tertiary alicyclic amines) is 1. The minimum Gasteiger partial charge on any atom is -0.490 e. The summed E-state index contributed by atoms with van der Waals surface area (Å²) >= 11 is 0. The average molecular weight is 466 g/mol. The molecule has 2 aromatic rings. The Morgan fingerprint density at radius 3 is 2.68 bits per heavy atom. The van der Waals surface area contributed by atoms with E-state index >= 15 is 0 Å². The molecule has 9 nitrogen and oxygen atoms in total. The van der Waals surface area contributed by atoms with Crippen molar-refractivity contribution in [2.24, 2.45) is 0 Å². The Morgan fingerprint density at radius 1 is 1.29 bits per heavy atom. The number of amides is 1. The fourth-order valence-corrected chi connectivity index (χ4v) is 4.65. The third-order valence-electron chi connectivity index (χ3n) is 6.18. The Balaban J connectivity index is 1.46. The molecule has 1 atom stereocenters. The zero-order valence-electron chi connectivity index (χ0n) is 19.9. The third kappa shape index (κ3) is 5.29. The van der Waals surface area contributed by atoms with Crippen LogP contribution in [0.3, 0.4) is 0 Å². The van der Waals surface area contributed by atoms with Gasteiger partial charge in [0.05, 0.1) is 36.5 Å². The summed E-state index contributed by atoms with van der Waals surface area (Å²) in [4.78, 5) is 26.0. The lowest BCUT2D eigenvalue weighted by Gasteiger charge is -2.49. The predicted octanol–water partition coefficient (Wildman–Crippen LogP) is 2.66. The van der Waals surface area contributed by atoms with Gasteiger partial charge in [0.1, 0.15) is 11.8 Å². The lowest BCUT2D eigenvalue weighted by molar-refractivity contribution is -0.145. The van der Waals surface area contributed by atoms with Crippen LogP contribution in [0.1, 0.15) is 42.6 Å². The Morgan fingerprint density at radius 2 is 2.03 bits per heavy atom. The van der Waals surface area contributed by atoms with E-state index in [0.717, 1.165) is 0 Å². The quantitative estimate of drug-likeness (QED) is 0.642. The maximum Gasteiger partial charge on any atom is 0.253 e. The molecular weight excluding hydrogens is 434 g/mol. The molecule has 9 heteroatoms. The Bertz CT molecular complexity index is 1030. The van der Waals surface area contributed by atoms with Gasteiger partial charge in [0.25, 0.3) is 5.91 Å². The highest BCUT2D eigenvalue weighted by Crippen LogP contribution is 2.34. The highest BCUT2D eigenvalue weighted by molar-refractivity contribution is 5.95. The van der Waals surface area contributed by atoms with Gasteiger partial charge in [-0.3, -0.25) is 4.79 Å². The van der Waals surface area contributed by atoms with Gasteiger partial charge in [0, 0.05) is 44.7 Å². The largest absolute Gasteiger partial charge is 0.490 e. The number of nitriles is 1. The summed E-state index contributed by atoms with van der Waals surface area (Å²) in [7, 11) is 1.67. The molecule has 2 aliphatic rings. The number of hydrogen-bond acceptors (Lipinski definition) is 8. The third-order valence-corrected chi connectivity index (χ3v) is 6.18. The number of anilines is 1. The fourth-order valence-electron chi connectivity index (χ4n) is 4.65. The molecule has 0 aliphatic carbocycles. The van der Waals surface area contributed by atoms with E-state index in [4.69, 9.17) is 14.2 Å². The summed E-state index contributed by atoms with van der Waals surface area (Å²) in [5.74, 6) is 1.09. The minimum absolute atomic E-state index is 0.0507. The maximum atomic E-state index is 13.2. The van der Waals surface area contributed by atoms with Crippen LogP contribution in [0.2, 0.25) is 0 Å². The lowest BCUT2D eigenvalue weighted by atomic mass is 9.88. The van der Waals surface area contributed by atoms with Crippen LogP contribution in [-0.2, 0) is 9.47 Å². The molecule has 4 rings (SSSR count). The van der Waals surface area contributed by atoms with Gasteiger partial charge in [-0.1, -0.05) is 0 Å². The monoisotopic (exact) mass is 465 g/mol. The summed E-state index contributed by atoms with van der Waals surface area (Å²) in [5.41, 5.74) is 0.457. The molecule has 1 aromatic heterocycles. The number of hydrogen-bond donors (Lipinski definition) is 0. The SMILES string of the molecule is COCC1CN(c2ncccn2)CC2(CCN(C(=O)c3ccc(OC(C)C)c(C#N)c3)CC2)O1. The Kier molecular flexibility index (Phi) is 7.29. The van der Waals surface area contributed by atoms with Crippen LogP contribution in [0.4, 0.5) is 5.95 Å². The molecule has 0 saturated carbocycles. The summed E-state index contributed by atoms with van der Waals surface area (Å²) in [6.07, 6.45) is 4.72. The summed E-state index contributed by atoms with van der Waals surface area (Å²) < 4.78 is 17.6. The van der Waals surface area contributed by atoms with Crippen LogP contribution in [0.5, 0.6) is 5.75 Å². The van der Waals surface area contributed by atoms with Gasteiger partial charge in [0.15, 0.2) is 0 Å². The number of ether oxygens (including phenoxy) is 3. The average Bonchev–Trinajstić information content (AvgIpc) is 2.84. The number of piperidine rings is 1. The van der Waals surface area contributed by atoms with Crippen molar-refractivity contribution in [3.8, 4) is 11.8 Å². The molecule has 0 radical (unpaired) electrons. The summed E-state index contributed by atoms with van der Waals surface area (Å²) in [6, 6.07) is 8.99. The second-order valence-corrected chi connectivity index (χ2v) is 9.09. The van der Waals surface area contributed by atoms with E-state index in [1.807, 2.05) is 18.7 Å². The first kappa shape index (κ1) is 23.9. The first-order valence-corrected chi connectivity index (χ1v) is 11.6. The van der Waals surface area contributed by atoms with Crippen LogP contribution in [0, 0.1) is 11.3 Å². The molecule has 34 heavy (non-hydrogen) atoms. The normalized spacial score (nSPS) is 19.8. The molecule has 180 valence electrons. The highest BCUT2D eigenvalue weighted by Gasteiger charge is 2.44. The smallest absolute Gasteiger partial charge is 0.253 e. The molecule has 2 saturated heterocycles. The van der Waals surface area contributed by atoms with Crippen molar-refractivity contribution in [2.75, 3.05) is 44.8 Å². The number of aromatic nitrogens is 2. The van der Waals surface area contributed by atoms with E-state index in [1.54, 1.807) is 43.8 Å². The van der Waals surface area contributed by atoms with Gasteiger partial charge in [-0.05, 0) is 51.0 Å². The molecule has 3 heterocycles. The topological polar surface area (TPSA) is 101 Å². The van der Waals surface area contributed by atoms with Crippen molar-refractivity contribution in [3.63, 3.8) is 0 Å². The van der Waals surface area contributed by atoms with Crippen molar-refractivity contribution in [3.05, 3.63) is 47.8 Å². The number of benzene rings is 1. The molecule has 1 unspecified atom stereocenters. The zero-order valence-corrected chi connectivity index (χ0v) is 19.9. The van der Waals surface area contributed by atoms with Gasteiger partial charge < -0.3 is 24.0 Å². The van der Waals surface area contributed by atoms with Crippen LogP contribution < -0.4 is 9.64 Å². The molecule has 1 spiro atoms. The first-order valence-electron chi connectivity index (χ1n) is 11.6. The first-order chi connectivity index (χ1) is 16.4. The summed E-state index contributed by atoms with van der Waals surface area (Å²) in [6.45, 7) is 6.74. The molecule has 0 N–H and O–H groups in total. The van der Waals surface area contributed by atoms with Gasteiger partial charge in [-0.15, -0.1) is 0 Å². The molecule has 1 amide bonds. The van der Waals surface area contributed by atoms with Crippen molar-refractivity contribution in [1.29, 1.82) is 5.26 Å². The Labute approximate surface area is 200 Å². The van der Waals surface area contributed by atoms with Gasteiger partial charge in [0.2, 0.25) is 5.95 Å². The maximum absolute atomic E-state index is 13.2. The predicted molar refractivity (Wildman–Crippen MR) is 126 cm³/mol. The summed E-state index contributed by atoms with van der Waals surface area (Å²) in [5, 5.41) is 9.50. The van der Waals surface area contributed by atoms with Crippen LogP contribution in [-0.4, -0.2) is 78.5 Å². The lowest BCUT2D eigenvalue weighted by Crippen LogP contribution is -2.61. The van der Waals surface area contributed by atoms with Gasteiger partial charge in [-0.2, -0.15) is 5.26 Å². The van der Waals surface area contributed by atoms with Gasteiger partial charge >= 0.3 is 0 Å². The number of carbonyl (C=O) groups excluding carboxylic acids is 1. The minimum atomic E-state index is -0.399. The van der Waals surface area contributed by atoms with E-state index in [-0.39, 0.29) is 18.1 Å². The number of morpholine rings is 1. The Hall–Kier alpha value is -3.22. The number of rotatable bonds is 6. The van der Waals surface area contributed by atoms with E-state index in [0.29, 0.717) is 68.5 Å². The highest BCUT2D eigenvalue weighted by atomic mass is 16.5. The van der Waals surface area contributed by atoms with Crippen LogP contribution >= 0.6 is 0 Å². The number of methoxy groups -OCH3 is 1. The standard InChI is InChI=1S/C25H31N5O4/c1-18(2)33-22-6-5-19(13-20(22)14-26)23(31)29-11-7-25(8-12-29)17-30(15-21(34-25)16-32-3)24-27-9-4-10-28-24/h4-6,9-10,13,18,21H,7-8,11-12,15-17H2,1-3H3. The van der Waals surface area contributed by atoms with E-state index in [2.05, 4.69) is 20.9 Å². The van der Waals surface area contributed by atoms with Gasteiger partial charge in [-0.25, -0.2) is 9.97 Å². The second kappa shape index (κ2) is 10.4.